The first-order valence-corrected chi connectivity index (χ1v) is 6.41. The molecule has 0 aliphatic carbocycles. The Hall–Kier alpha value is -2.26. The van der Waals surface area contributed by atoms with E-state index in [0.717, 1.165) is 38.1 Å². The maximum Gasteiger partial charge on any atom is 0.0999 e. The molecule has 0 saturated carbocycles. The molecule has 0 saturated heterocycles. The average molecular weight is 268 g/mol. The Kier molecular flexibility index (Phi) is 2.17. The summed E-state index contributed by atoms with van der Waals surface area (Å²) in [6, 6.07) is 14.2. The number of nitrogens with one attached hydrogen (secondary N) is 2. The molecule has 0 amide bonds. The van der Waals surface area contributed by atoms with E-state index < -0.39 is 0 Å². The number of fused-ring (bicyclic) bond motifs is 2. The molecule has 0 radical (unpaired) electrons. The Morgan fingerprint density at radius 2 is 1.84 bits per heavy atom. The van der Waals surface area contributed by atoms with E-state index in [0.29, 0.717) is 0 Å². The molecule has 0 aliphatic rings. The van der Waals surface area contributed by atoms with Crippen molar-refractivity contribution in [3.63, 3.8) is 0 Å². The number of H-pyrrole nitrogens is 2. The zero-order valence-electron chi connectivity index (χ0n) is 9.94. The molecule has 2 heterocycles. The van der Waals surface area contributed by atoms with Crippen LogP contribution in [0.2, 0.25) is 5.02 Å². The second kappa shape index (κ2) is 3.87. The Balaban J connectivity index is 2.01. The van der Waals surface area contributed by atoms with Gasteiger partial charge in [-0.25, -0.2) is 0 Å². The van der Waals surface area contributed by atoms with Gasteiger partial charge in [-0.15, -0.1) is 0 Å². The first kappa shape index (κ1) is 10.6. The highest BCUT2D eigenvalue weighted by Crippen LogP contribution is 2.31. The third-order valence-electron chi connectivity index (χ3n) is 3.38. The molecule has 0 aliphatic heterocycles. The van der Waals surface area contributed by atoms with Gasteiger partial charge in [-0.3, -0.25) is 5.10 Å². The molecule has 4 aromatic rings. The highest BCUT2D eigenvalue weighted by molar-refractivity contribution is 6.35. The van der Waals surface area contributed by atoms with Crippen molar-refractivity contribution in [2.75, 3.05) is 0 Å². The lowest BCUT2D eigenvalue weighted by atomic mass is 10.1. The fourth-order valence-corrected chi connectivity index (χ4v) is 2.63. The van der Waals surface area contributed by atoms with Gasteiger partial charge in [0.1, 0.15) is 0 Å². The monoisotopic (exact) mass is 267 g/mol. The van der Waals surface area contributed by atoms with Crippen LogP contribution in [0.4, 0.5) is 0 Å². The van der Waals surface area contributed by atoms with E-state index in [4.69, 9.17) is 11.6 Å². The SMILES string of the molecule is Clc1c[nH]c2ccc(-c3n[nH]c4ccccc34)cc12. The Morgan fingerprint density at radius 1 is 0.947 bits per heavy atom. The van der Waals surface area contributed by atoms with Gasteiger partial charge in [0, 0.05) is 28.0 Å². The number of benzene rings is 2. The van der Waals surface area contributed by atoms with Crippen molar-refractivity contribution in [3.05, 3.63) is 53.7 Å². The predicted octanol–water partition coefficient (Wildman–Crippen LogP) is 4.36. The van der Waals surface area contributed by atoms with E-state index in [9.17, 15) is 0 Å². The summed E-state index contributed by atoms with van der Waals surface area (Å²) >= 11 is 6.16. The van der Waals surface area contributed by atoms with Crippen molar-refractivity contribution in [1.82, 2.24) is 15.2 Å². The second-order valence-corrected chi connectivity index (χ2v) is 4.92. The molecule has 0 atom stereocenters. The summed E-state index contributed by atoms with van der Waals surface area (Å²) in [6.45, 7) is 0. The molecule has 92 valence electrons. The first-order chi connectivity index (χ1) is 9.33. The van der Waals surface area contributed by atoms with Crippen LogP contribution in [0.3, 0.4) is 0 Å². The minimum absolute atomic E-state index is 0.733. The lowest BCUT2D eigenvalue weighted by Crippen LogP contribution is -1.79. The summed E-state index contributed by atoms with van der Waals surface area (Å²) in [5.74, 6) is 0. The van der Waals surface area contributed by atoms with E-state index in [-0.39, 0.29) is 0 Å². The van der Waals surface area contributed by atoms with E-state index in [2.05, 4.69) is 33.4 Å². The van der Waals surface area contributed by atoms with Crippen molar-refractivity contribution in [1.29, 1.82) is 0 Å². The van der Waals surface area contributed by atoms with Crippen molar-refractivity contribution < 1.29 is 0 Å². The molecule has 0 fully saturated rings. The number of para-hydroxylation sites is 1. The van der Waals surface area contributed by atoms with Crippen LogP contribution in [0.15, 0.2) is 48.7 Å². The number of hydrogen-bond acceptors (Lipinski definition) is 1. The third-order valence-corrected chi connectivity index (χ3v) is 3.69. The number of halogens is 1. The summed E-state index contributed by atoms with van der Waals surface area (Å²) in [7, 11) is 0. The normalized spacial score (nSPS) is 11.4. The van der Waals surface area contributed by atoms with Crippen LogP contribution in [-0.2, 0) is 0 Å². The lowest BCUT2D eigenvalue weighted by molar-refractivity contribution is 1.12. The van der Waals surface area contributed by atoms with Gasteiger partial charge in [0.15, 0.2) is 0 Å². The summed E-state index contributed by atoms with van der Waals surface area (Å²) < 4.78 is 0. The van der Waals surface area contributed by atoms with Gasteiger partial charge >= 0.3 is 0 Å². The quantitative estimate of drug-likeness (QED) is 0.529. The zero-order valence-corrected chi connectivity index (χ0v) is 10.7. The van der Waals surface area contributed by atoms with Gasteiger partial charge in [0.2, 0.25) is 0 Å². The molecule has 19 heavy (non-hydrogen) atoms. The number of aromatic amines is 2. The number of aromatic nitrogens is 3. The van der Waals surface area contributed by atoms with E-state index in [1.807, 2.05) is 24.3 Å². The molecular weight excluding hydrogens is 258 g/mol. The molecule has 2 N–H and O–H groups in total. The van der Waals surface area contributed by atoms with E-state index in [1.165, 1.54) is 0 Å². The molecule has 0 spiro atoms. The highest BCUT2D eigenvalue weighted by Gasteiger charge is 2.09. The van der Waals surface area contributed by atoms with Gasteiger partial charge in [-0.2, -0.15) is 5.10 Å². The van der Waals surface area contributed by atoms with Crippen LogP contribution in [0.1, 0.15) is 0 Å². The van der Waals surface area contributed by atoms with E-state index in [1.54, 1.807) is 6.20 Å². The lowest BCUT2D eigenvalue weighted by Gasteiger charge is -1.99. The number of hydrogen-bond donors (Lipinski definition) is 2. The van der Waals surface area contributed by atoms with Gasteiger partial charge in [0.05, 0.1) is 16.2 Å². The van der Waals surface area contributed by atoms with Crippen molar-refractivity contribution in [2.24, 2.45) is 0 Å². The standard InChI is InChI=1S/C15H10ClN3/c16-12-8-17-13-6-5-9(7-11(12)13)15-10-3-1-2-4-14(10)18-19-15/h1-8,17H,(H,18,19). The average Bonchev–Trinajstić information content (AvgIpc) is 3.03. The Morgan fingerprint density at radius 3 is 2.79 bits per heavy atom. The van der Waals surface area contributed by atoms with Crippen LogP contribution in [0.5, 0.6) is 0 Å². The summed E-state index contributed by atoms with van der Waals surface area (Å²) in [5, 5.41) is 10.3. The van der Waals surface area contributed by atoms with Crippen molar-refractivity contribution >= 4 is 33.4 Å². The van der Waals surface area contributed by atoms with Gasteiger partial charge in [-0.1, -0.05) is 35.9 Å². The van der Waals surface area contributed by atoms with E-state index >= 15 is 0 Å². The molecule has 2 aromatic heterocycles. The zero-order chi connectivity index (χ0) is 12.8. The smallest absolute Gasteiger partial charge is 0.0999 e. The van der Waals surface area contributed by atoms with Gasteiger partial charge in [0.25, 0.3) is 0 Å². The Bertz CT molecular complexity index is 889. The number of rotatable bonds is 1. The maximum absolute atomic E-state index is 6.16. The molecule has 4 heteroatoms. The predicted molar refractivity (Wildman–Crippen MR) is 78.4 cm³/mol. The molecule has 4 rings (SSSR count). The minimum atomic E-state index is 0.733. The first-order valence-electron chi connectivity index (χ1n) is 6.03. The van der Waals surface area contributed by atoms with Crippen molar-refractivity contribution in [2.45, 2.75) is 0 Å². The Labute approximate surface area is 114 Å². The number of nitrogens with zero attached hydrogens (tertiary/aromatic N) is 1. The van der Waals surface area contributed by atoms with Crippen LogP contribution >= 0.6 is 11.6 Å². The highest BCUT2D eigenvalue weighted by atomic mass is 35.5. The second-order valence-electron chi connectivity index (χ2n) is 4.51. The van der Waals surface area contributed by atoms with Gasteiger partial charge in [-0.05, 0) is 18.2 Å². The van der Waals surface area contributed by atoms with Crippen LogP contribution < -0.4 is 0 Å². The van der Waals surface area contributed by atoms with Crippen molar-refractivity contribution in [3.8, 4) is 11.3 Å². The topological polar surface area (TPSA) is 44.5 Å². The van der Waals surface area contributed by atoms with Gasteiger partial charge < -0.3 is 4.98 Å². The summed E-state index contributed by atoms with van der Waals surface area (Å²) in [5.41, 5.74) is 4.09. The van der Waals surface area contributed by atoms with Crippen LogP contribution in [-0.4, -0.2) is 15.2 Å². The fourth-order valence-electron chi connectivity index (χ4n) is 2.42. The fraction of sp³-hybridized carbons (Fsp3) is 0. The van der Waals surface area contributed by atoms with Crippen LogP contribution in [0, 0.1) is 0 Å². The molecule has 2 aromatic carbocycles. The molecule has 0 unspecified atom stereocenters. The third kappa shape index (κ3) is 1.55. The largest absolute Gasteiger partial charge is 0.360 e. The molecule has 3 nitrogen and oxygen atoms in total. The maximum atomic E-state index is 6.16. The minimum Gasteiger partial charge on any atom is -0.360 e. The molecule has 0 bridgehead atoms. The summed E-state index contributed by atoms with van der Waals surface area (Å²) in [6.07, 6.45) is 1.80. The summed E-state index contributed by atoms with van der Waals surface area (Å²) in [4.78, 5) is 3.14. The van der Waals surface area contributed by atoms with Crippen LogP contribution in [0.25, 0.3) is 33.1 Å². The molecular formula is C15H10ClN3.